The van der Waals surface area contributed by atoms with Crippen molar-refractivity contribution in [3.63, 3.8) is 0 Å². The summed E-state index contributed by atoms with van der Waals surface area (Å²) in [5.74, 6) is -1.29. The van der Waals surface area contributed by atoms with E-state index in [-0.39, 0.29) is 18.2 Å². The summed E-state index contributed by atoms with van der Waals surface area (Å²) in [4.78, 5) is 37.5. The third-order valence-corrected chi connectivity index (χ3v) is 3.97. The Hall–Kier alpha value is -2.90. The van der Waals surface area contributed by atoms with E-state index in [9.17, 15) is 14.4 Å². The maximum Gasteiger partial charge on any atom is 0.441 e. The largest absolute Gasteiger partial charge is 0.441 e. The van der Waals surface area contributed by atoms with Crippen molar-refractivity contribution >= 4 is 11.8 Å². The Kier molecular flexibility index (Phi) is 3.96. The van der Waals surface area contributed by atoms with E-state index in [0.717, 1.165) is 0 Å². The number of nitrogens with zero attached hydrogens (tertiary/aromatic N) is 2. The normalized spacial score (nSPS) is 17.9. The van der Waals surface area contributed by atoms with Crippen LogP contribution in [-0.4, -0.2) is 35.1 Å². The minimum absolute atomic E-state index is 0.124. The molecule has 1 aromatic heterocycles. The molecule has 0 spiro atoms. The SMILES string of the molecule is NC(=O)C1CCCN(C(=O)c2c(=O)o[nH][n+]2-c2ccccc2)C1. The summed E-state index contributed by atoms with van der Waals surface area (Å²) < 4.78 is 6.08. The summed E-state index contributed by atoms with van der Waals surface area (Å²) in [5, 5.41) is 2.43. The van der Waals surface area contributed by atoms with Gasteiger partial charge in [-0.05, 0) is 22.8 Å². The molecule has 23 heavy (non-hydrogen) atoms. The molecule has 2 heterocycles. The number of carbonyl (C=O) groups excluding carboxylic acids is 2. The van der Waals surface area contributed by atoms with Crippen LogP contribution in [0.1, 0.15) is 23.3 Å². The molecule has 2 aromatic rings. The van der Waals surface area contributed by atoms with Crippen molar-refractivity contribution in [3.8, 4) is 5.69 Å². The zero-order chi connectivity index (χ0) is 16.4. The monoisotopic (exact) mass is 317 g/mol. The van der Waals surface area contributed by atoms with Gasteiger partial charge in [-0.1, -0.05) is 18.2 Å². The molecule has 0 aliphatic carbocycles. The third-order valence-electron chi connectivity index (χ3n) is 3.97. The summed E-state index contributed by atoms with van der Waals surface area (Å²) in [7, 11) is 0. The highest BCUT2D eigenvalue weighted by Crippen LogP contribution is 2.17. The summed E-state index contributed by atoms with van der Waals surface area (Å²) >= 11 is 0. The van der Waals surface area contributed by atoms with Crippen LogP contribution in [0.5, 0.6) is 0 Å². The number of carbonyl (C=O) groups is 2. The molecule has 1 aliphatic heterocycles. The molecule has 120 valence electrons. The molecular weight excluding hydrogens is 300 g/mol. The van der Waals surface area contributed by atoms with E-state index < -0.39 is 17.4 Å². The zero-order valence-electron chi connectivity index (χ0n) is 12.4. The lowest BCUT2D eigenvalue weighted by Gasteiger charge is -2.29. The van der Waals surface area contributed by atoms with Crippen molar-refractivity contribution < 1.29 is 18.8 Å². The quantitative estimate of drug-likeness (QED) is 0.749. The molecule has 3 N–H and O–H groups in total. The second-order valence-electron chi connectivity index (χ2n) is 5.49. The number of piperidine rings is 1. The van der Waals surface area contributed by atoms with Crippen molar-refractivity contribution in [1.29, 1.82) is 0 Å². The topological polar surface area (TPSA) is 113 Å². The second-order valence-corrected chi connectivity index (χ2v) is 5.49. The van der Waals surface area contributed by atoms with Crippen molar-refractivity contribution in [1.82, 2.24) is 10.2 Å². The van der Waals surface area contributed by atoms with Crippen molar-refractivity contribution in [2.75, 3.05) is 13.1 Å². The zero-order valence-corrected chi connectivity index (χ0v) is 12.4. The molecular formula is C15H17N4O4+. The number of benzene rings is 1. The van der Waals surface area contributed by atoms with Crippen molar-refractivity contribution in [3.05, 3.63) is 46.4 Å². The van der Waals surface area contributed by atoms with Crippen molar-refractivity contribution in [2.45, 2.75) is 12.8 Å². The minimum Gasteiger partial charge on any atom is -0.369 e. The number of hydrogen-bond acceptors (Lipinski definition) is 4. The first kappa shape index (κ1) is 15.0. The number of rotatable bonds is 3. The van der Waals surface area contributed by atoms with Gasteiger partial charge in [0, 0.05) is 25.2 Å². The molecule has 1 aromatic carbocycles. The summed E-state index contributed by atoms with van der Waals surface area (Å²) in [6.07, 6.45) is 1.32. The number of aromatic amines is 1. The van der Waals surface area contributed by atoms with E-state index in [1.54, 1.807) is 24.3 Å². The standard InChI is InChI=1S/C15H16N4O4/c16-13(20)10-5-4-8-18(9-10)14(21)12-15(22)23-17-19(12)11-6-2-1-3-7-11/h1-3,6-7,10H,4-5,8-9H2,(H2-,16,17,20,21,22)/p+1. The average Bonchev–Trinajstić information content (AvgIpc) is 2.96. The predicted octanol–water partition coefficient (Wildman–Crippen LogP) is -0.418. The number of nitrogens with two attached hydrogens (primary N) is 1. The lowest BCUT2D eigenvalue weighted by Crippen LogP contribution is -2.50. The fourth-order valence-corrected chi connectivity index (χ4v) is 2.76. The van der Waals surface area contributed by atoms with Crippen LogP contribution in [0.4, 0.5) is 0 Å². The summed E-state index contributed by atoms with van der Waals surface area (Å²) in [6, 6.07) is 8.87. The molecule has 0 bridgehead atoms. The number of hydrogen-bond donors (Lipinski definition) is 2. The first-order valence-corrected chi connectivity index (χ1v) is 7.35. The third kappa shape index (κ3) is 2.87. The first-order valence-electron chi connectivity index (χ1n) is 7.35. The Morgan fingerprint density at radius 2 is 2.04 bits per heavy atom. The van der Waals surface area contributed by atoms with Gasteiger partial charge < -0.3 is 10.6 Å². The molecule has 0 saturated carbocycles. The number of amides is 2. The number of primary amides is 1. The van der Waals surface area contributed by atoms with E-state index >= 15 is 0 Å². The Labute approximate surface area is 131 Å². The van der Waals surface area contributed by atoms with Crippen LogP contribution in [0.3, 0.4) is 0 Å². The second kappa shape index (κ2) is 6.07. The van der Waals surface area contributed by atoms with Gasteiger partial charge in [0.15, 0.2) is 0 Å². The highest BCUT2D eigenvalue weighted by atomic mass is 16.5. The van der Waals surface area contributed by atoms with Gasteiger partial charge >= 0.3 is 17.2 Å². The maximum absolute atomic E-state index is 12.7. The molecule has 1 saturated heterocycles. The van der Waals surface area contributed by atoms with Gasteiger partial charge in [-0.15, -0.1) is 0 Å². The summed E-state index contributed by atoms with van der Waals surface area (Å²) in [5.41, 5.74) is 5.06. The Morgan fingerprint density at radius 3 is 2.74 bits per heavy atom. The average molecular weight is 317 g/mol. The van der Waals surface area contributed by atoms with Gasteiger partial charge in [0.2, 0.25) is 11.6 Å². The molecule has 0 radical (unpaired) electrons. The summed E-state index contributed by atoms with van der Waals surface area (Å²) in [6.45, 7) is 0.690. The Bertz CT molecular complexity index is 780. The van der Waals surface area contributed by atoms with Crippen LogP contribution < -0.4 is 16.0 Å². The lowest BCUT2D eigenvalue weighted by molar-refractivity contribution is -0.672. The van der Waals surface area contributed by atoms with E-state index in [1.807, 2.05) is 6.07 Å². The number of nitrogens with one attached hydrogen (secondary N) is 1. The van der Waals surface area contributed by atoms with Crippen LogP contribution in [0.15, 0.2) is 39.6 Å². The van der Waals surface area contributed by atoms with Crippen LogP contribution in [0.2, 0.25) is 0 Å². The Balaban J connectivity index is 1.93. The molecule has 1 fully saturated rings. The molecule has 8 heteroatoms. The van der Waals surface area contributed by atoms with E-state index in [2.05, 4.69) is 5.27 Å². The number of H-pyrrole nitrogens is 1. The van der Waals surface area contributed by atoms with Gasteiger partial charge in [-0.25, -0.2) is 4.79 Å². The molecule has 2 amide bonds. The lowest BCUT2D eigenvalue weighted by atomic mass is 9.97. The maximum atomic E-state index is 12.7. The molecule has 1 aliphatic rings. The fraction of sp³-hybridized carbons (Fsp3) is 0.333. The molecule has 3 rings (SSSR count). The first-order chi connectivity index (χ1) is 11.1. The van der Waals surface area contributed by atoms with Gasteiger partial charge in [0.25, 0.3) is 0 Å². The Morgan fingerprint density at radius 1 is 1.30 bits per heavy atom. The number of aromatic nitrogens is 2. The van der Waals surface area contributed by atoms with Gasteiger partial charge in [0.05, 0.1) is 5.92 Å². The van der Waals surface area contributed by atoms with Gasteiger partial charge in [-0.2, -0.15) is 0 Å². The smallest absolute Gasteiger partial charge is 0.369 e. The number of para-hydroxylation sites is 1. The van der Waals surface area contributed by atoms with Crippen LogP contribution in [0.25, 0.3) is 5.69 Å². The molecule has 1 atom stereocenters. The van der Waals surface area contributed by atoms with Crippen LogP contribution in [0, 0.1) is 5.92 Å². The van der Waals surface area contributed by atoms with E-state index in [0.29, 0.717) is 25.1 Å². The van der Waals surface area contributed by atoms with Gasteiger partial charge in [0.1, 0.15) is 0 Å². The van der Waals surface area contributed by atoms with Gasteiger partial charge in [-0.3, -0.25) is 14.1 Å². The van der Waals surface area contributed by atoms with Crippen LogP contribution in [-0.2, 0) is 4.79 Å². The predicted molar refractivity (Wildman–Crippen MR) is 78.7 cm³/mol. The number of likely N-dealkylation sites (tertiary alicyclic amines) is 1. The van der Waals surface area contributed by atoms with E-state index in [1.165, 1.54) is 9.58 Å². The molecule has 1 unspecified atom stereocenters. The van der Waals surface area contributed by atoms with E-state index in [4.69, 9.17) is 10.3 Å². The highest BCUT2D eigenvalue weighted by molar-refractivity contribution is 5.91. The van der Waals surface area contributed by atoms with Crippen LogP contribution >= 0.6 is 0 Å². The minimum atomic E-state index is -0.750. The molecule has 8 nitrogen and oxygen atoms in total. The van der Waals surface area contributed by atoms with Crippen molar-refractivity contribution in [2.24, 2.45) is 11.7 Å². The fourth-order valence-electron chi connectivity index (χ4n) is 2.76. The highest BCUT2D eigenvalue weighted by Gasteiger charge is 2.37.